The van der Waals surface area contributed by atoms with Crippen LogP contribution >= 0.6 is 0 Å². The average molecular weight is 1940 g/mol. The SMILES string of the molecule is CC(C)(C)c1cc(-c2cccc3c2c2c(C(C)(C)C)c(-n4c5ccccc5c5ccccc54)ccc2n3-c2cc(C(C)(C)C)cc(C(C)(C)C)c2)cc(C(C)(C)C)c1.CC(C)(C)c1cc(-c2cccc3c2c2c(C(C)(C)C)c(C4c5ccc(C(C)(C)C)cc5-c5cc(C(C)(C)C)ccc54)ccc2n3-c2cc(C(C)(C)C)cc(C(C)(C)C)c2)cc(C(C)(C)C)c1.CC(C)(C)c1cccc2oc3cccc(-c4ccccc4)c3c12. The molecule has 1 aliphatic rings. The quantitative estimate of drug-likeness (QED) is 0.156. The molecular formula is C143H165N3O. The lowest BCUT2D eigenvalue weighted by molar-refractivity contribution is 0.567. The van der Waals surface area contributed by atoms with Crippen molar-refractivity contribution in [3.63, 3.8) is 0 Å². The van der Waals surface area contributed by atoms with Gasteiger partial charge in [-0.1, -0.05) is 476 Å². The molecule has 0 fully saturated rings. The standard InChI is InChI=1S/C65H81N.C56H64N2.C22H20O/c1-59(2,3)40-25-27-48-51(37-40)52-38-41(60(4,5)6)26-28-49(52)55(48)50-29-30-54-57(58(50)65(19,20)21)56-47(39-31-42(61(7,8)9)33-43(32-39)62(10,11)12)23-22-24-53(56)66(54)46-35-44(63(13,14)15)34-45(36-46)64(16,17)18;1-52(2,3)36-29-35(30-37(31-36)53(4,5)6)41-23-20-26-46-49(41)50-47(57(46)40-33-38(54(7,8)9)32-39(34-40)55(10,11)12)27-28-48(51(50)56(13,14)15)58-44-24-18-16-21-42(44)43-22-17-19-25-45(43)58;1-22(2,3)17-12-8-14-19-21(17)20-16(11-7-13-18(20)23-19)15-9-5-4-6-10-15/h22-38,55H,1-21H3;16-34H,1-15H3;4-14H,1-3H3. The summed E-state index contributed by atoms with van der Waals surface area (Å²) in [5.74, 6) is 0.0932. The lowest BCUT2D eigenvalue weighted by Crippen LogP contribution is -2.18. The van der Waals surface area contributed by atoms with E-state index >= 15 is 0 Å². The maximum Gasteiger partial charge on any atom is 0.136 e. The van der Waals surface area contributed by atoms with Crippen molar-refractivity contribution in [3.05, 3.63) is 374 Å². The number of hydrogen-bond acceptors (Lipinski definition) is 1. The topological polar surface area (TPSA) is 27.9 Å². The molecule has 4 heteroatoms. The Morgan fingerprint density at radius 3 is 0.857 bits per heavy atom. The van der Waals surface area contributed by atoms with Crippen molar-refractivity contribution < 1.29 is 4.42 Å². The van der Waals surface area contributed by atoms with Gasteiger partial charge < -0.3 is 18.1 Å². The first-order valence-corrected chi connectivity index (χ1v) is 54.3. The molecule has 0 saturated carbocycles. The first kappa shape index (κ1) is 104. The highest BCUT2D eigenvalue weighted by molar-refractivity contribution is 6.21. The van der Waals surface area contributed by atoms with Crippen LogP contribution < -0.4 is 0 Å². The molecule has 0 aliphatic heterocycles. The van der Waals surface area contributed by atoms with Gasteiger partial charge >= 0.3 is 0 Å². The zero-order valence-corrected chi connectivity index (χ0v) is 96.5. The van der Waals surface area contributed by atoms with Gasteiger partial charge in [-0.3, -0.25) is 0 Å². The Balaban J connectivity index is 0.000000159. The minimum absolute atomic E-state index is 0.00503. The third-order valence-electron chi connectivity index (χ3n) is 31.5. The minimum atomic E-state index is -0.207. The van der Waals surface area contributed by atoms with E-state index in [-0.39, 0.29) is 76.3 Å². The lowest BCUT2D eigenvalue weighted by atomic mass is 9.74. The number of para-hydroxylation sites is 2. The van der Waals surface area contributed by atoms with Gasteiger partial charge in [0, 0.05) is 60.4 Å². The molecule has 0 N–H and O–H groups in total. The number of benzene rings is 15. The Bertz CT molecular complexity index is 8130. The summed E-state index contributed by atoms with van der Waals surface area (Å²) in [6, 6.07) is 109. The van der Waals surface area contributed by atoms with E-state index in [4.69, 9.17) is 4.42 Å². The molecule has 0 spiro atoms. The third kappa shape index (κ3) is 19.6. The van der Waals surface area contributed by atoms with E-state index in [9.17, 15) is 0 Å². The van der Waals surface area contributed by atoms with Crippen LogP contribution in [0.15, 0.2) is 290 Å². The van der Waals surface area contributed by atoms with E-state index in [2.05, 4.69) is 569 Å². The highest BCUT2D eigenvalue weighted by atomic mass is 16.3. The second-order valence-electron chi connectivity index (χ2n) is 56.5. The van der Waals surface area contributed by atoms with Crippen molar-refractivity contribution in [3.8, 4) is 61.6 Å². The van der Waals surface area contributed by atoms with E-state index in [0.717, 1.165) is 11.2 Å². The van der Waals surface area contributed by atoms with Gasteiger partial charge in [-0.15, -0.1) is 0 Å². The number of furan rings is 1. The van der Waals surface area contributed by atoms with E-state index in [1.54, 1.807) is 0 Å². The Morgan fingerprint density at radius 2 is 0.490 bits per heavy atom. The summed E-state index contributed by atoms with van der Waals surface area (Å²) in [6.45, 7) is 91.8. The largest absolute Gasteiger partial charge is 0.456 e. The monoisotopic (exact) mass is 1940 g/mol. The highest BCUT2D eigenvalue weighted by Gasteiger charge is 2.40. The van der Waals surface area contributed by atoms with Gasteiger partial charge in [-0.05, 0) is 283 Å². The lowest BCUT2D eigenvalue weighted by Gasteiger charge is -2.29. The summed E-state index contributed by atoms with van der Waals surface area (Å²) in [6.07, 6.45) is 0. The van der Waals surface area contributed by atoms with Gasteiger partial charge in [0.25, 0.3) is 0 Å². The van der Waals surface area contributed by atoms with E-state index in [1.165, 1.54) is 227 Å². The fraction of sp³-hybridized carbons (Fsp3) is 0.371. The van der Waals surface area contributed by atoms with Gasteiger partial charge in [0.05, 0.1) is 38.8 Å². The molecule has 15 aromatic carbocycles. The normalized spacial score (nSPS) is 13.7. The highest BCUT2D eigenvalue weighted by Crippen LogP contribution is 2.57. The van der Waals surface area contributed by atoms with E-state index < -0.39 is 0 Å². The Labute approximate surface area is 881 Å². The Kier molecular flexibility index (Phi) is 25.7. The van der Waals surface area contributed by atoms with Gasteiger partial charge in [-0.2, -0.15) is 0 Å². The molecule has 758 valence electrons. The molecule has 19 aromatic rings. The number of fused-ring (bicyclic) bond motifs is 15. The second kappa shape index (κ2) is 36.2. The molecule has 0 bridgehead atoms. The van der Waals surface area contributed by atoms with Crippen LogP contribution in [0.1, 0.15) is 365 Å². The number of hydrogen-bond donors (Lipinski definition) is 0. The van der Waals surface area contributed by atoms with Crippen LogP contribution in [-0.4, -0.2) is 13.7 Å². The van der Waals surface area contributed by atoms with Crippen LogP contribution in [0.4, 0.5) is 0 Å². The van der Waals surface area contributed by atoms with Gasteiger partial charge in [0.2, 0.25) is 0 Å². The molecule has 0 atom stereocenters. The van der Waals surface area contributed by atoms with Crippen LogP contribution in [0.5, 0.6) is 0 Å². The van der Waals surface area contributed by atoms with Crippen molar-refractivity contribution in [2.75, 3.05) is 0 Å². The van der Waals surface area contributed by atoms with Gasteiger partial charge in [0.15, 0.2) is 0 Å². The maximum atomic E-state index is 6.15. The first-order chi connectivity index (χ1) is 68.1. The maximum absolute atomic E-state index is 6.15. The molecular weight excluding hydrogens is 1780 g/mol. The molecule has 0 unspecified atom stereocenters. The van der Waals surface area contributed by atoms with Crippen molar-refractivity contribution in [1.29, 1.82) is 0 Å². The van der Waals surface area contributed by atoms with E-state index in [0.29, 0.717) is 0 Å². The molecule has 147 heavy (non-hydrogen) atoms. The summed E-state index contributed by atoms with van der Waals surface area (Å²) in [5.41, 5.74) is 45.1. The molecule has 1 aliphatic carbocycles. The molecule has 4 heterocycles. The zero-order chi connectivity index (χ0) is 107. The fourth-order valence-electron chi connectivity index (χ4n) is 22.9. The first-order valence-electron chi connectivity index (χ1n) is 54.3. The number of rotatable bonds is 7. The smallest absolute Gasteiger partial charge is 0.136 e. The average Bonchev–Trinajstić information content (AvgIpc) is 1.54. The van der Waals surface area contributed by atoms with Crippen molar-refractivity contribution in [2.24, 2.45) is 0 Å². The summed E-state index contributed by atoms with van der Waals surface area (Å²) >= 11 is 0. The molecule has 0 saturated heterocycles. The Morgan fingerprint density at radius 1 is 0.184 bits per heavy atom. The molecule has 20 rings (SSSR count). The minimum Gasteiger partial charge on any atom is -0.456 e. The van der Waals surface area contributed by atoms with Crippen molar-refractivity contribution in [1.82, 2.24) is 13.7 Å². The van der Waals surface area contributed by atoms with Crippen LogP contribution in [0.25, 0.3) is 149 Å². The molecule has 4 aromatic heterocycles. The second-order valence-corrected chi connectivity index (χ2v) is 56.5. The summed E-state index contributed by atoms with van der Waals surface area (Å²) in [7, 11) is 0. The molecule has 0 radical (unpaired) electrons. The fourth-order valence-corrected chi connectivity index (χ4v) is 22.9. The summed E-state index contributed by atoms with van der Waals surface area (Å²) in [5, 5.41) is 10.4. The van der Waals surface area contributed by atoms with Gasteiger partial charge in [-0.25, -0.2) is 0 Å². The van der Waals surface area contributed by atoms with Crippen molar-refractivity contribution >= 4 is 87.4 Å². The van der Waals surface area contributed by atoms with Crippen LogP contribution in [0.2, 0.25) is 0 Å². The molecule has 0 amide bonds. The predicted octanol–water partition coefficient (Wildman–Crippen LogP) is 41.3. The van der Waals surface area contributed by atoms with Crippen LogP contribution in [0.3, 0.4) is 0 Å². The van der Waals surface area contributed by atoms with Crippen LogP contribution in [0, 0.1) is 0 Å². The number of aromatic nitrogens is 3. The Hall–Kier alpha value is -12.5. The third-order valence-corrected chi connectivity index (χ3v) is 31.5. The predicted molar refractivity (Wildman–Crippen MR) is 642 cm³/mol. The van der Waals surface area contributed by atoms with Crippen molar-refractivity contribution in [2.45, 2.75) is 346 Å². The molecule has 4 nitrogen and oxygen atoms in total. The van der Waals surface area contributed by atoms with Gasteiger partial charge in [0.1, 0.15) is 11.2 Å². The summed E-state index contributed by atoms with van der Waals surface area (Å²) < 4.78 is 13.9. The zero-order valence-electron chi connectivity index (χ0n) is 96.5. The van der Waals surface area contributed by atoms with E-state index in [1.807, 2.05) is 0 Å². The number of nitrogens with zero attached hydrogens (tertiary/aromatic N) is 3. The van der Waals surface area contributed by atoms with Crippen LogP contribution in [-0.2, 0) is 70.4 Å². The summed E-state index contributed by atoms with van der Waals surface area (Å²) in [4.78, 5) is 0.